The minimum absolute atomic E-state index is 0.0835. The van der Waals surface area contributed by atoms with Crippen LogP contribution in [0.1, 0.15) is 5.56 Å². The van der Waals surface area contributed by atoms with Gasteiger partial charge in [0.1, 0.15) is 5.75 Å². The average Bonchev–Trinajstić information content (AvgIpc) is 3.06. The van der Waals surface area contributed by atoms with Crippen molar-refractivity contribution in [3.8, 4) is 16.9 Å². The quantitative estimate of drug-likeness (QED) is 0.381. The first kappa shape index (κ1) is 19.0. The van der Waals surface area contributed by atoms with Crippen LogP contribution in [0.15, 0.2) is 24.4 Å². The molecular formula is C17H11F7N2O. The lowest BCUT2D eigenvalue weighted by Gasteiger charge is -2.16. The molecule has 3 N–H and O–H groups in total. The van der Waals surface area contributed by atoms with Crippen LogP contribution in [0, 0.1) is 23.3 Å². The summed E-state index contributed by atoms with van der Waals surface area (Å²) >= 11 is 0. The summed E-state index contributed by atoms with van der Waals surface area (Å²) in [6, 6.07) is 3.97. The van der Waals surface area contributed by atoms with Gasteiger partial charge in [-0.15, -0.1) is 0 Å². The number of nitrogens with one attached hydrogen (secondary N) is 1. The summed E-state index contributed by atoms with van der Waals surface area (Å²) in [4.78, 5) is 2.27. The number of H-pyrrole nitrogens is 1. The molecule has 0 spiro atoms. The highest BCUT2D eigenvalue weighted by Crippen LogP contribution is 2.41. The first-order valence-electron chi connectivity index (χ1n) is 7.50. The van der Waals surface area contributed by atoms with Crippen LogP contribution in [-0.2, 0) is 6.54 Å². The van der Waals surface area contributed by atoms with Crippen LogP contribution in [0.5, 0.6) is 5.75 Å². The van der Waals surface area contributed by atoms with Gasteiger partial charge in [-0.3, -0.25) is 0 Å². The molecule has 0 aliphatic rings. The predicted octanol–water partition coefficient (Wildman–Crippen LogP) is 4.79. The SMILES string of the molecule is NCc1cccc(OCC(F)(F)F)c1-c1c[nH]c2c(F)c(F)c(F)c(F)c12. The lowest BCUT2D eigenvalue weighted by molar-refractivity contribution is -0.153. The molecule has 1 aromatic heterocycles. The number of aromatic nitrogens is 1. The highest BCUT2D eigenvalue weighted by Gasteiger charge is 2.30. The van der Waals surface area contributed by atoms with Gasteiger partial charge in [0.05, 0.1) is 5.52 Å². The largest absolute Gasteiger partial charge is 0.483 e. The van der Waals surface area contributed by atoms with E-state index in [2.05, 4.69) is 4.98 Å². The Hall–Kier alpha value is -2.75. The molecular weight excluding hydrogens is 381 g/mol. The first-order valence-corrected chi connectivity index (χ1v) is 7.50. The van der Waals surface area contributed by atoms with Crippen LogP contribution in [0.3, 0.4) is 0 Å². The second-order valence-corrected chi connectivity index (χ2v) is 5.61. The van der Waals surface area contributed by atoms with Crippen molar-refractivity contribution in [2.24, 2.45) is 5.73 Å². The Kier molecular flexibility index (Phi) is 4.77. The van der Waals surface area contributed by atoms with Crippen LogP contribution in [0.2, 0.25) is 0 Å². The standard InChI is InChI=1S/C17H11F7N2O/c18-12-11-8(5-26-16(11)15(21)14(20)13(12)19)10-7(4-25)2-1-3-9(10)27-6-17(22,23)24/h1-3,5,26H,4,6,25H2. The molecule has 27 heavy (non-hydrogen) atoms. The van der Waals surface area contributed by atoms with Crippen molar-refractivity contribution in [2.75, 3.05) is 6.61 Å². The van der Waals surface area contributed by atoms with Crippen molar-refractivity contribution in [1.82, 2.24) is 4.98 Å². The van der Waals surface area contributed by atoms with Gasteiger partial charge in [0.2, 0.25) is 0 Å². The van der Waals surface area contributed by atoms with Gasteiger partial charge in [-0.25, -0.2) is 17.6 Å². The molecule has 0 radical (unpaired) electrons. The van der Waals surface area contributed by atoms with E-state index in [9.17, 15) is 30.7 Å². The van der Waals surface area contributed by atoms with Crippen LogP contribution in [-0.4, -0.2) is 17.8 Å². The van der Waals surface area contributed by atoms with Crippen molar-refractivity contribution in [3.05, 3.63) is 53.2 Å². The Bertz CT molecular complexity index is 1010. The summed E-state index contributed by atoms with van der Waals surface area (Å²) in [5.74, 6) is -7.70. The molecule has 0 saturated carbocycles. The first-order chi connectivity index (χ1) is 12.7. The number of hydrogen-bond acceptors (Lipinski definition) is 2. The second kappa shape index (κ2) is 6.76. The normalized spacial score (nSPS) is 12.0. The van der Waals surface area contributed by atoms with E-state index in [1.807, 2.05) is 0 Å². The van der Waals surface area contributed by atoms with E-state index in [-0.39, 0.29) is 29.0 Å². The number of rotatable bonds is 4. The smallest absolute Gasteiger partial charge is 0.422 e. The third-order valence-corrected chi connectivity index (χ3v) is 3.89. The molecule has 2 aromatic carbocycles. The maximum atomic E-state index is 14.3. The van der Waals surface area contributed by atoms with E-state index in [0.29, 0.717) is 0 Å². The summed E-state index contributed by atoms with van der Waals surface area (Å²) in [6.07, 6.45) is -3.63. The number of alkyl halides is 3. The minimum atomic E-state index is -4.65. The Labute approximate surface area is 147 Å². The molecule has 3 aromatic rings. The second-order valence-electron chi connectivity index (χ2n) is 5.61. The van der Waals surface area contributed by atoms with Crippen molar-refractivity contribution in [1.29, 1.82) is 0 Å². The molecule has 0 amide bonds. The molecule has 0 fully saturated rings. The summed E-state index contributed by atoms with van der Waals surface area (Å²) in [5.41, 5.74) is 4.86. The number of nitrogens with two attached hydrogens (primary N) is 1. The van der Waals surface area contributed by atoms with Crippen molar-refractivity contribution in [2.45, 2.75) is 12.7 Å². The maximum Gasteiger partial charge on any atom is 0.422 e. The van der Waals surface area contributed by atoms with Crippen LogP contribution < -0.4 is 10.5 Å². The molecule has 144 valence electrons. The molecule has 3 rings (SSSR count). The number of ether oxygens (including phenoxy) is 1. The number of hydrogen-bond donors (Lipinski definition) is 2. The molecule has 0 aliphatic heterocycles. The van der Waals surface area contributed by atoms with Crippen molar-refractivity contribution >= 4 is 10.9 Å². The van der Waals surface area contributed by atoms with Crippen LogP contribution in [0.25, 0.3) is 22.0 Å². The fraction of sp³-hybridized carbons (Fsp3) is 0.176. The summed E-state index contributed by atoms with van der Waals surface area (Å²) in [7, 11) is 0. The Morgan fingerprint density at radius 2 is 1.63 bits per heavy atom. The van der Waals surface area contributed by atoms with Crippen LogP contribution >= 0.6 is 0 Å². The third kappa shape index (κ3) is 3.32. The Morgan fingerprint density at radius 3 is 2.26 bits per heavy atom. The highest BCUT2D eigenvalue weighted by molar-refractivity contribution is 5.98. The molecule has 10 heteroatoms. The van der Waals surface area contributed by atoms with Gasteiger partial charge < -0.3 is 15.5 Å². The average molecular weight is 392 g/mol. The van der Waals surface area contributed by atoms with E-state index in [1.54, 1.807) is 0 Å². The van der Waals surface area contributed by atoms with Gasteiger partial charge in [-0.1, -0.05) is 12.1 Å². The Balaban J connectivity index is 2.28. The van der Waals surface area contributed by atoms with Gasteiger partial charge in [-0.05, 0) is 11.6 Å². The monoisotopic (exact) mass is 392 g/mol. The lowest BCUT2D eigenvalue weighted by atomic mass is 9.97. The zero-order valence-corrected chi connectivity index (χ0v) is 13.4. The molecule has 1 heterocycles. The lowest BCUT2D eigenvalue weighted by Crippen LogP contribution is -2.19. The van der Waals surface area contributed by atoms with E-state index >= 15 is 0 Å². The molecule has 0 atom stereocenters. The van der Waals surface area contributed by atoms with Gasteiger partial charge in [0, 0.05) is 29.3 Å². The highest BCUT2D eigenvalue weighted by atomic mass is 19.4. The van der Waals surface area contributed by atoms with Gasteiger partial charge in [0.15, 0.2) is 29.9 Å². The molecule has 0 unspecified atom stereocenters. The molecule has 3 nitrogen and oxygen atoms in total. The molecule has 0 aliphatic carbocycles. The van der Waals surface area contributed by atoms with Crippen molar-refractivity contribution < 1.29 is 35.5 Å². The minimum Gasteiger partial charge on any atom is -0.483 e. The number of benzene rings is 2. The Morgan fingerprint density at radius 1 is 0.963 bits per heavy atom. The summed E-state index contributed by atoms with van der Waals surface area (Å²) < 4.78 is 97.6. The van der Waals surface area contributed by atoms with Crippen molar-refractivity contribution in [3.63, 3.8) is 0 Å². The number of halogens is 7. The zero-order chi connectivity index (χ0) is 19.9. The fourth-order valence-electron chi connectivity index (χ4n) is 2.77. The van der Waals surface area contributed by atoms with E-state index < -0.39 is 47.0 Å². The summed E-state index contributed by atoms with van der Waals surface area (Å²) in [5, 5.41) is -0.663. The molecule has 0 saturated heterocycles. The van der Waals surface area contributed by atoms with E-state index in [4.69, 9.17) is 10.5 Å². The van der Waals surface area contributed by atoms with Gasteiger partial charge in [-0.2, -0.15) is 13.2 Å². The van der Waals surface area contributed by atoms with E-state index in [0.717, 1.165) is 6.20 Å². The maximum absolute atomic E-state index is 14.3. The summed E-state index contributed by atoms with van der Waals surface area (Å²) in [6.45, 7) is -1.82. The van der Waals surface area contributed by atoms with E-state index in [1.165, 1.54) is 18.2 Å². The predicted molar refractivity (Wildman–Crippen MR) is 83.0 cm³/mol. The zero-order valence-electron chi connectivity index (χ0n) is 13.4. The van der Waals surface area contributed by atoms with Gasteiger partial charge >= 0.3 is 6.18 Å². The van der Waals surface area contributed by atoms with Crippen LogP contribution in [0.4, 0.5) is 30.7 Å². The number of aromatic amines is 1. The van der Waals surface area contributed by atoms with Gasteiger partial charge in [0.25, 0.3) is 0 Å². The number of fused-ring (bicyclic) bond motifs is 1. The third-order valence-electron chi connectivity index (χ3n) is 3.89. The topological polar surface area (TPSA) is 51.0 Å². The fourth-order valence-corrected chi connectivity index (χ4v) is 2.77. The molecule has 0 bridgehead atoms.